The van der Waals surface area contributed by atoms with Crippen LogP contribution in [0.4, 0.5) is 5.82 Å². The average Bonchev–Trinajstić information content (AvgIpc) is 2.97. The minimum absolute atomic E-state index is 0.139. The highest BCUT2D eigenvalue weighted by Gasteiger charge is 2.16. The number of rotatable bonds is 3. The lowest BCUT2D eigenvalue weighted by Crippen LogP contribution is -2.18. The van der Waals surface area contributed by atoms with Crippen LogP contribution in [0.1, 0.15) is 20.9 Å². The van der Waals surface area contributed by atoms with Crippen LogP contribution in [-0.2, 0) is 0 Å². The van der Waals surface area contributed by atoms with Crippen LogP contribution in [0.2, 0.25) is 0 Å². The molecule has 94 valence electrons. The Balaban J connectivity index is 2.23. The number of amidine groups is 1. The van der Waals surface area contributed by atoms with Gasteiger partial charge in [-0.05, 0) is 6.92 Å². The molecule has 0 bridgehead atoms. The molecular formula is C9H10N6O2S. The van der Waals surface area contributed by atoms with E-state index in [2.05, 4.69) is 25.7 Å². The largest absolute Gasteiger partial charge is 0.409 e. The van der Waals surface area contributed by atoms with E-state index in [4.69, 9.17) is 10.9 Å². The number of anilines is 1. The number of hydrogen-bond donors (Lipinski definition) is 4. The molecule has 0 atom stereocenters. The van der Waals surface area contributed by atoms with E-state index in [1.165, 1.54) is 17.5 Å². The first-order valence-electron chi connectivity index (χ1n) is 4.86. The molecule has 2 aromatic rings. The van der Waals surface area contributed by atoms with E-state index in [0.717, 1.165) is 0 Å². The summed E-state index contributed by atoms with van der Waals surface area (Å²) in [6.07, 6.45) is 1.35. The fourth-order valence-electron chi connectivity index (χ4n) is 1.32. The summed E-state index contributed by atoms with van der Waals surface area (Å²) in [6.45, 7) is 1.74. The van der Waals surface area contributed by atoms with Gasteiger partial charge in [0.25, 0.3) is 5.91 Å². The van der Waals surface area contributed by atoms with Gasteiger partial charge in [0.05, 0.1) is 23.0 Å². The summed E-state index contributed by atoms with van der Waals surface area (Å²) in [5.41, 5.74) is 7.98. The number of nitrogens with two attached hydrogens (primary N) is 1. The third-order valence-electron chi connectivity index (χ3n) is 2.21. The van der Waals surface area contributed by atoms with Gasteiger partial charge in [-0.25, -0.2) is 4.98 Å². The van der Waals surface area contributed by atoms with Crippen LogP contribution in [0, 0.1) is 6.92 Å². The van der Waals surface area contributed by atoms with Crippen molar-refractivity contribution in [2.75, 3.05) is 5.32 Å². The van der Waals surface area contributed by atoms with Crippen LogP contribution in [0.3, 0.4) is 0 Å². The van der Waals surface area contributed by atoms with E-state index in [0.29, 0.717) is 16.1 Å². The van der Waals surface area contributed by atoms with Crippen molar-refractivity contribution in [1.82, 2.24) is 15.2 Å². The molecule has 0 aromatic carbocycles. The van der Waals surface area contributed by atoms with E-state index in [1.807, 2.05) is 0 Å². The van der Waals surface area contributed by atoms with Crippen LogP contribution in [0.15, 0.2) is 16.9 Å². The molecule has 9 heteroatoms. The SMILES string of the molecule is Cc1ncsc1C(=O)Nc1[nH]ncc1C(N)=NO. The molecule has 0 saturated heterocycles. The van der Waals surface area contributed by atoms with E-state index >= 15 is 0 Å². The topological polar surface area (TPSA) is 129 Å². The summed E-state index contributed by atoms with van der Waals surface area (Å²) in [7, 11) is 0. The monoisotopic (exact) mass is 266 g/mol. The van der Waals surface area contributed by atoms with Gasteiger partial charge in [0.1, 0.15) is 10.7 Å². The molecular weight excluding hydrogens is 256 g/mol. The highest BCUT2D eigenvalue weighted by molar-refractivity contribution is 7.12. The van der Waals surface area contributed by atoms with Crippen molar-refractivity contribution in [3.05, 3.63) is 27.8 Å². The molecule has 2 heterocycles. The van der Waals surface area contributed by atoms with Crippen molar-refractivity contribution in [1.29, 1.82) is 0 Å². The average molecular weight is 266 g/mol. The number of aryl methyl sites for hydroxylation is 1. The van der Waals surface area contributed by atoms with Gasteiger partial charge in [-0.2, -0.15) is 5.10 Å². The van der Waals surface area contributed by atoms with Gasteiger partial charge in [-0.1, -0.05) is 5.16 Å². The summed E-state index contributed by atoms with van der Waals surface area (Å²) < 4.78 is 0. The number of aromatic amines is 1. The molecule has 0 spiro atoms. The fourth-order valence-corrected chi connectivity index (χ4v) is 2.02. The van der Waals surface area contributed by atoms with E-state index in [-0.39, 0.29) is 17.6 Å². The zero-order valence-corrected chi connectivity index (χ0v) is 10.2. The number of nitrogens with one attached hydrogen (secondary N) is 2. The third-order valence-corrected chi connectivity index (χ3v) is 3.14. The van der Waals surface area contributed by atoms with E-state index in [9.17, 15) is 4.79 Å². The summed E-state index contributed by atoms with van der Waals surface area (Å²) >= 11 is 1.23. The predicted molar refractivity (Wildman–Crippen MR) is 65.9 cm³/mol. The van der Waals surface area contributed by atoms with Crippen LogP contribution >= 0.6 is 11.3 Å². The Kier molecular flexibility index (Phi) is 3.24. The molecule has 2 rings (SSSR count). The van der Waals surface area contributed by atoms with E-state index in [1.54, 1.807) is 12.4 Å². The van der Waals surface area contributed by atoms with Crippen molar-refractivity contribution < 1.29 is 10.0 Å². The van der Waals surface area contributed by atoms with Gasteiger partial charge in [0.2, 0.25) is 0 Å². The number of hydrogen-bond acceptors (Lipinski definition) is 6. The van der Waals surface area contributed by atoms with Crippen molar-refractivity contribution in [3.63, 3.8) is 0 Å². The predicted octanol–water partition coefficient (Wildman–Crippen LogP) is 0.521. The third kappa shape index (κ3) is 2.15. The van der Waals surface area contributed by atoms with Crippen molar-refractivity contribution in [2.24, 2.45) is 10.9 Å². The number of amides is 1. The van der Waals surface area contributed by atoms with Gasteiger partial charge < -0.3 is 16.3 Å². The van der Waals surface area contributed by atoms with Crippen LogP contribution in [0.5, 0.6) is 0 Å². The van der Waals surface area contributed by atoms with Crippen molar-refractivity contribution >= 4 is 28.9 Å². The first-order chi connectivity index (χ1) is 8.63. The highest BCUT2D eigenvalue weighted by Crippen LogP contribution is 2.16. The lowest BCUT2D eigenvalue weighted by molar-refractivity contribution is 0.102. The molecule has 18 heavy (non-hydrogen) atoms. The molecule has 1 amide bonds. The Morgan fingerprint density at radius 2 is 2.44 bits per heavy atom. The van der Waals surface area contributed by atoms with Crippen LogP contribution < -0.4 is 11.1 Å². The molecule has 0 fully saturated rings. The Morgan fingerprint density at radius 1 is 1.67 bits per heavy atom. The molecule has 0 radical (unpaired) electrons. The zero-order valence-electron chi connectivity index (χ0n) is 9.34. The maximum Gasteiger partial charge on any atom is 0.268 e. The lowest BCUT2D eigenvalue weighted by atomic mass is 10.3. The minimum Gasteiger partial charge on any atom is -0.409 e. The number of carbonyl (C=O) groups is 1. The lowest BCUT2D eigenvalue weighted by Gasteiger charge is -2.03. The number of oxime groups is 1. The van der Waals surface area contributed by atoms with Crippen molar-refractivity contribution in [3.8, 4) is 0 Å². The fraction of sp³-hybridized carbons (Fsp3) is 0.111. The molecule has 2 aromatic heterocycles. The Morgan fingerprint density at radius 3 is 3.06 bits per heavy atom. The standard InChI is InChI=1S/C9H10N6O2S/c1-4-6(18-3-11-4)9(16)13-8-5(2-12-14-8)7(10)15-17/h2-3,17H,1H3,(H2,10,15)(H2,12,13,14,16). The number of carbonyl (C=O) groups excluding carboxylic acids is 1. The second kappa shape index (κ2) is 4.84. The first-order valence-corrected chi connectivity index (χ1v) is 5.74. The van der Waals surface area contributed by atoms with Gasteiger partial charge in [0.15, 0.2) is 5.84 Å². The maximum absolute atomic E-state index is 11.9. The Labute approximate surface area is 106 Å². The number of thiazole rings is 1. The first kappa shape index (κ1) is 12.0. The molecule has 5 N–H and O–H groups in total. The number of H-pyrrole nitrogens is 1. The normalized spacial score (nSPS) is 11.5. The smallest absolute Gasteiger partial charge is 0.268 e. The van der Waals surface area contributed by atoms with Crippen LogP contribution in [0.25, 0.3) is 0 Å². The van der Waals surface area contributed by atoms with Gasteiger partial charge in [-0.15, -0.1) is 11.3 Å². The molecule has 0 aliphatic carbocycles. The summed E-state index contributed by atoms with van der Waals surface area (Å²) in [5, 5.41) is 20.3. The molecule has 0 unspecified atom stereocenters. The molecule has 0 aliphatic rings. The summed E-state index contributed by atoms with van der Waals surface area (Å²) in [6, 6.07) is 0. The minimum atomic E-state index is -0.328. The molecule has 0 aliphatic heterocycles. The van der Waals surface area contributed by atoms with Gasteiger partial charge in [-0.3, -0.25) is 9.89 Å². The van der Waals surface area contributed by atoms with Crippen molar-refractivity contribution in [2.45, 2.75) is 6.92 Å². The number of aromatic nitrogens is 3. The quantitative estimate of drug-likeness (QED) is 0.278. The molecule has 0 saturated carbocycles. The second-order valence-corrected chi connectivity index (χ2v) is 4.22. The van der Waals surface area contributed by atoms with Crippen LogP contribution in [-0.4, -0.2) is 32.1 Å². The summed E-state index contributed by atoms with van der Waals surface area (Å²) in [4.78, 5) is 16.4. The van der Waals surface area contributed by atoms with E-state index < -0.39 is 0 Å². The maximum atomic E-state index is 11.9. The second-order valence-electron chi connectivity index (χ2n) is 3.36. The highest BCUT2D eigenvalue weighted by atomic mass is 32.1. The number of nitrogens with zero attached hydrogens (tertiary/aromatic N) is 3. The zero-order chi connectivity index (χ0) is 13.1. The van der Waals surface area contributed by atoms with Gasteiger partial charge >= 0.3 is 0 Å². The Hall–Kier alpha value is -2.42. The van der Waals surface area contributed by atoms with Gasteiger partial charge in [0, 0.05) is 0 Å². The molecule has 8 nitrogen and oxygen atoms in total. The Bertz CT molecular complexity index is 602. The summed E-state index contributed by atoms with van der Waals surface area (Å²) in [5.74, 6) is -0.200.